The van der Waals surface area contributed by atoms with Gasteiger partial charge in [-0.15, -0.1) is 0 Å². The molecule has 0 atom stereocenters. The van der Waals surface area contributed by atoms with Crippen molar-refractivity contribution in [2.45, 2.75) is 20.0 Å². The van der Waals surface area contributed by atoms with Crippen LogP contribution in [0.2, 0.25) is 0 Å². The summed E-state index contributed by atoms with van der Waals surface area (Å²) in [6, 6.07) is 0. The van der Waals surface area contributed by atoms with Crippen molar-refractivity contribution >= 4 is 0 Å². The SMILES string of the molecule is CC(C)CN1CC(OCCN)C1. The van der Waals surface area contributed by atoms with E-state index in [4.69, 9.17) is 10.5 Å². The summed E-state index contributed by atoms with van der Waals surface area (Å²) in [4.78, 5) is 2.42. The van der Waals surface area contributed by atoms with Gasteiger partial charge in [-0.25, -0.2) is 0 Å². The van der Waals surface area contributed by atoms with Crippen molar-refractivity contribution in [2.24, 2.45) is 11.7 Å². The Morgan fingerprint density at radius 1 is 1.50 bits per heavy atom. The molecule has 0 saturated carbocycles. The van der Waals surface area contributed by atoms with Gasteiger partial charge >= 0.3 is 0 Å². The lowest BCUT2D eigenvalue weighted by Gasteiger charge is -2.39. The first-order valence-corrected chi connectivity index (χ1v) is 4.76. The Kier molecular flexibility index (Phi) is 3.98. The Labute approximate surface area is 74.9 Å². The zero-order chi connectivity index (χ0) is 8.97. The van der Waals surface area contributed by atoms with Crippen molar-refractivity contribution in [3.63, 3.8) is 0 Å². The number of likely N-dealkylation sites (tertiary alicyclic amines) is 1. The summed E-state index contributed by atoms with van der Waals surface area (Å²) in [5.74, 6) is 0.764. The van der Waals surface area contributed by atoms with Crippen LogP contribution >= 0.6 is 0 Å². The standard InChI is InChI=1S/C9H20N2O/c1-8(2)5-11-6-9(7-11)12-4-3-10/h8-9H,3-7,10H2,1-2H3. The van der Waals surface area contributed by atoms with E-state index in [1.54, 1.807) is 0 Å². The van der Waals surface area contributed by atoms with Crippen LogP contribution in [0.15, 0.2) is 0 Å². The molecule has 1 fully saturated rings. The van der Waals surface area contributed by atoms with Gasteiger partial charge in [0.15, 0.2) is 0 Å². The maximum Gasteiger partial charge on any atom is 0.0829 e. The molecular weight excluding hydrogens is 152 g/mol. The van der Waals surface area contributed by atoms with Crippen molar-refractivity contribution in [1.82, 2.24) is 4.90 Å². The van der Waals surface area contributed by atoms with Crippen LogP contribution in [0.5, 0.6) is 0 Å². The van der Waals surface area contributed by atoms with Gasteiger partial charge in [0.25, 0.3) is 0 Å². The Bertz CT molecular complexity index is 122. The second kappa shape index (κ2) is 4.80. The molecular formula is C9H20N2O. The van der Waals surface area contributed by atoms with Gasteiger partial charge in [0.05, 0.1) is 12.7 Å². The molecule has 1 heterocycles. The quantitative estimate of drug-likeness (QED) is 0.648. The van der Waals surface area contributed by atoms with Gasteiger partial charge in [-0.05, 0) is 5.92 Å². The summed E-state index contributed by atoms with van der Waals surface area (Å²) in [5, 5.41) is 0. The van der Waals surface area contributed by atoms with Crippen molar-refractivity contribution < 1.29 is 4.74 Å². The molecule has 0 radical (unpaired) electrons. The van der Waals surface area contributed by atoms with Crippen LogP contribution < -0.4 is 5.73 Å². The molecule has 0 amide bonds. The number of hydrogen-bond acceptors (Lipinski definition) is 3. The number of hydrogen-bond donors (Lipinski definition) is 1. The fraction of sp³-hybridized carbons (Fsp3) is 1.00. The molecule has 0 aromatic heterocycles. The van der Waals surface area contributed by atoms with Gasteiger partial charge < -0.3 is 10.5 Å². The average molecular weight is 172 g/mol. The average Bonchev–Trinajstić information content (AvgIpc) is 1.93. The largest absolute Gasteiger partial charge is 0.374 e. The lowest BCUT2D eigenvalue weighted by molar-refractivity contribution is -0.0550. The molecule has 0 bridgehead atoms. The second-order valence-corrected chi connectivity index (χ2v) is 3.89. The molecule has 12 heavy (non-hydrogen) atoms. The molecule has 3 nitrogen and oxygen atoms in total. The third-order valence-electron chi connectivity index (χ3n) is 2.02. The number of nitrogens with zero attached hydrogens (tertiary/aromatic N) is 1. The molecule has 0 spiro atoms. The summed E-state index contributed by atoms with van der Waals surface area (Å²) in [6.07, 6.45) is 0.451. The molecule has 0 aromatic carbocycles. The zero-order valence-electron chi connectivity index (χ0n) is 8.12. The normalized spacial score (nSPS) is 20.0. The maximum absolute atomic E-state index is 5.47. The molecule has 1 aliphatic rings. The highest BCUT2D eigenvalue weighted by molar-refractivity contribution is 4.80. The Morgan fingerprint density at radius 3 is 2.67 bits per heavy atom. The third kappa shape index (κ3) is 3.09. The minimum Gasteiger partial charge on any atom is -0.374 e. The topological polar surface area (TPSA) is 38.5 Å². The molecule has 1 aliphatic heterocycles. The highest BCUT2D eigenvalue weighted by Crippen LogP contribution is 2.12. The highest BCUT2D eigenvalue weighted by atomic mass is 16.5. The third-order valence-corrected chi connectivity index (χ3v) is 2.02. The van der Waals surface area contributed by atoms with Crippen molar-refractivity contribution in [3.05, 3.63) is 0 Å². The van der Waals surface area contributed by atoms with Crippen LogP contribution in [-0.4, -0.2) is 43.8 Å². The smallest absolute Gasteiger partial charge is 0.0829 e. The van der Waals surface area contributed by atoms with Gasteiger partial charge in [-0.3, -0.25) is 4.90 Å². The molecule has 2 N–H and O–H groups in total. The molecule has 3 heteroatoms. The molecule has 1 saturated heterocycles. The first-order chi connectivity index (χ1) is 5.72. The predicted molar refractivity (Wildman–Crippen MR) is 50.1 cm³/mol. The van der Waals surface area contributed by atoms with Crippen LogP contribution in [0.3, 0.4) is 0 Å². The van der Waals surface area contributed by atoms with E-state index >= 15 is 0 Å². The summed E-state index contributed by atoms with van der Waals surface area (Å²) < 4.78 is 5.47. The van der Waals surface area contributed by atoms with E-state index in [-0.39, 0.29) is 0 Å². The summed E-state index contributed by atoms with van der Waals surface area (Å²) >= 11 is 0. The van der Waals surface area contributed by atoms with Gasteiger partial charge in [0, 0.05) is 26.2 Å². The van der Waals surface area contributed by atoms with Crippen LogP contribution in [0.1, 0.15) is 13.8 Å². The highest BCUT2D eigenvalue weighted by Gasteiger charge is 2.26. The van der Waals surface area contributed by atoms with Gasteiger partial charge in [-0.2, -0.15) is 0 Å². The van der Waals surface area contributed by atoms with Gasteiger partial charge in [-0.1, -0.05) is 13.8 Å². The first-order valence-electron chi connectivity index (χ1n) is 4.76. The monoisotopic (exact) mass is 172 g/mol. The fourth-order valence-corrected chi connectivity index (χ4v) is 1.53. The van der Waals surface area contributed by atoms with E-state index in [1.807, 2.05) is 0 Å². The zero-order valence-corrected chi connectivity index (χ0v) is 8.12. The Morgan fingerprint density at radius 2 is 2.17 bits per heavy atom. The number of ether oxygens (including phenoxy) is 1. The summed E-state index contributed by atoms with van der Waals surface area (Å²) in [5.41, 5.74) is 5.33. The fourth-order valence-electron chi connectivity index (χ4n) is 1.53. The van der Waals surface area contributed by atoms with E-state index in [0.29, 0.717) is 19.3 Å². The predicted octanol–water partition coefficient (Wildman–Crippen LogP) is 0.302. The Balaban J connectivity index is 1.96. The van der Waals surface area contributed by atoms with Crippen molar-refractivity contribution in [2.75, 3.05) is 32.8 Å². The van der Waals surface area contributed by atoms with Crippen LogP contribution in [0.25, 0.3) is 0 Å². The second-order valence-electron chi connectivity index (χ2n) is 3.89. The van der Waals surface area contributed by atoms with Crippen LogP contribution in [0, 0.1) is 5.92 Å². The molecule has 0 aromatic rings. The molecule has 72 valence electrons. The number of rotatable bonds is 5. The first kappa shape index (κ1) is 9.96. The summed E-state index contributed by atoms with van der Waals surface area (Å²) in [7, 11) is 0. The Hall–Kier alpha value is -0.120. The van der Waals surface area contributed by atoms with E-state index in [9.17, 15) is 0 Å². The van der Waals surface area contributed by atoms with E-state index in [0.717, 1.165) is 19.0 Å². The lowest BCUT2D eigenvalue weighted by atomic mass is 10.1. The van der Waals surface area contributed by atoms with Crippen LogP contribution in [0.4, 0.5) is 0 Å². The summed E-state index contributed by atoms with van der Waals surface area (Å²) in [6.45, 7) is 9.22. The van der Waals surface area contributed by atoms with Gasteiger partial charge in [0.2, 0.25) is 0 Å². The maximum atomic E-state index is 5.47. The van der Waals surface area contributed by atoms with Gasteiger partial charge in [0.1, 0.15) is 0 Å². The van der Waals surface area contributed by atoms with Crippen LogP contribution in [-0.2, 0) is 4.74 Å². The molecule has 0 unspecified atom stereocenters. The van der Waals surface area contributed by atoms with E-state index < -0.39 is 0 Å². The van der Waals surface area contributed by atoms with E-state index in [2.05, 4.69) is 18.7 Å². The lowest BCUT2D eigenvalue weighted by Crippen LogP contribution is -2.53. The van der Waals surface area contributed by atoms with Crippen molar-refractivity contribution in [3.8, 4) is 0 Å². The number of nitrogens with two attached hydrogens (primary N) is 1. The minimum atomic E-state index is 0.451. The minimum absolute atomic E-state index is 0.451. The van der Waals surface area contributed by atoms with Crippen molar-refractivity contribution in [1.29, 1.82) is 0 Å². The molecule has 1 rings (SSSR count). The molecule has 0 aliphatic carbocycles. The van der Waals surface area contributed by atoms with E-state index in [1.165, 1.54) is 6.54 Å².